The Bertz CT molecular complexity index is 206. The van der Waals surface area contributed by atoms with Gasteiger partial charge in [0.15, 0.2) is 0 Å². The van der Waals surface area contributed by atoms with Gasteiger partial charge in [0.2, 0.25) is 5.91 Å². The van der Waals surface area contributed by atoms with Crippen LogP contribution in [-0.2, 0) is 9.63 Å². The van der Waals surface area contributed by atoms with E-state index in [1.165, 1.54) is 12.2 Å². The highest BCUT2D eigenvalue weighted by Gasteiger charge is 2.48. The molecule has 4 heteroatoms. The van der Waals surface area contributed by atoms with Crippen LogP contribution in [0.25, 0.3) is 0 Å². The predicted molar refractivity (Wildman–Crippen MR) is 41.0 cm³/mol. The largest absolute Gasteiger partial charge is 0.391 e. The number of aliphatic hydroxyl groups is 1. The number of aliphatic hydroxyl groups excluding tert-OH is 1. The third-order valence-corrected chi connectivity index (χ3v) is 2.86. The van der Waals surface area contributed by atoms with E-state index in [0.29, 0.717) is 12.3 Å². The first kappa shape index (κ1) is 8.01. The van der Waals surface area contributed by atoms with Crippen molar-refractivity contribution in [3.8, 4) is 0 Å². The van der Waals surface area contributed by atoms with E-state index in [9.17, 15) is 9.90 Å². The number of fused-ring (bicyclic) bond motifs is 1. The molecular weight excluding hydrogens is 158 g/mol. The summed E-state index contributed by atoms with van der Waals surface area (Å²) in [7, 11) is 1.48. The highest BCUT2D eigenvalue weighted by atomic mass is 16.7. The second-order valence-corrected chi connectivity index (χ2v) is 3.50. The van der Waals surface area contributed by atoms with Gasteiger partial charge < -0.3 is 5.11 Å². The van der Waals surface area contributed by atoms with Crippen molar-refractivity contribution in [2.24, 2.45) is 5.92 Å². The first-order valence-corrected chi connectivity index (χ1v) is 4.28. The van der Waals surface area contributed by atoms with Crippen LogP contribution < -0.4 is 0 Å². The fourth-order valence-corrected chi connectivity index (χ4v) is 2.32. The maximum absolute atomic E-state index is 11.3. The number of carbonyl (C=O) groups is 1. The van der Waals surface area contributed by atoms with Crippen LogP contribution in [0.2, 0.25) is 0 Å². The molecule has 0 aromatic carbocycles. The smallest absolute Gasteiger partial charge is 0.246 e. The van der Waals surface area contributed by atoms with Crippen molar-refractivity contribution >= 4 is 5.91 Å². The van der Waals surface area contributed by atoms with E-state index in [1.807, 2.05) is 0 Å². The van der Waals surface area contributed by atoms with Gasteiger partial charge in [0.05, 0.1) is 19.3 Å². The molecule has 0 aromatic heterocycles. The number of nitrogens with zero attached hydrogens (tertiary/aromatic N) is 1. The highest BCUT2D eigenvalue weighted by molar-refractivity contribution is 5.78. The van der Waals surface area contributed by atoms with Gasteiger partial charge >= 0.3 is 0 Å². The summed E-state index contributed by atoms with van der Waals surface area (Å²) in [5.74, 6) is 0.318. The summed E-state index contributed by atoms with van der Waals surface area (Å²) >= 11 is 0. The van der Waals surface area contributed by atoms with Crippen LogP contribution in [0.4, 0.5) is 0 Å². The maximum Gasteiger partial charge on any atom is 0.246 e. The van der Waals surface area contributed by atoms with Gasteiger partial charge in [0.1, 0.15) is 0 Å². The second kappa shape index (κ2) is 2.71. The molecule has 3 atom stereocenters. The average molecular weight is 171 g/mol. The summed E-state index contributed by atoms with van der Waals surface area (Å²) in [5.41, 5.74) is 0. The van der Waals surface area contributed by atoms with Crippen molar-refractivity contribution in [2.75, 3.05) is 7.11 Å². The molecule has 0 bridgehead atoms. The minimum absolute atomic E-state index is 0.00579. The number of hydroxylamine groups is 2. The van der Waals surface area contributed by atoms with E-state index < -0.39 is 0 Å². The fraction of sp³-hybridized carbons (Fsp3) is 0.875. The number of hydrogen-bond acceptors (Lipinski definition) is 3. The lowest BCUT2D eigenvalue weighted by Gasteiger charge is -2.23. The lowest BCUT2D eigenvalue weighted by atomic mass is 10.0. The lowest BCUT2D eigenvalue weighted by molar-refractivity contribution is -0.185. The van der Waals surface area contributed by atoms with E-state index in [1.54, 1.807) is 0 Å². The molecule has 0 radical (unpaired) electrons. The van der Waals surface area contributed by atoms with E-state index in [2.05, 4.69) is 0 Å². The quantitative estimate of drug-likeness (QED) is 0.600. The molecule has 2 aliphatic rings. The van der Waals surface area contributed by atoms with Crippen LogP contribution in [0.1, 0.15) is 19.3 Å². The maximum atomic E-state index is 11.3. The average Bonchev–Trinajstić information content (AvgIpc) is 2.52. The molecule has 0 aromatic rings. The molecule has 68 valence electrons. The Morgan fingerprint density at radius 2 is 2.33 bits per heavy atom. The molecule has 1 N–H and O–H groups in total. The molecule has 1 saturated carbocycles. The van der Waals surface area contributed by atoms with Crippen LogP contribution in [0.5, 0.6) is 0 Å². The normalized spacial score (nSPS) is 40.7. The molecule has 4 nitrogen and oxygen atoms in total. The van der Waals surface area contributed by atoms with Gasteiger partial charge in [-0.05, 0) is 18.8 Å². The standard InChI is InChI=1S/C8H13NO3/c1-12-9-7(11)4-5-2-3-6(10)8(5)9/h5-6,8,10H,2-4H2,1H3/t5-,6+,8+/m1/s1. The monoisotopic (exact) mass is 171 g/mol. The van der Waals surface area contributed by atoms with Crippen LogP contribution in [0.15, 0.2) is 0 Å². The molecule has 0 spiro atoms. The second-order valence-electron chi connectivity index (χ2n) is 3.50. The van der Waals surface area contributed by atoms with E-state index in [-0.39, 0.29) is 18.1 Å². The van der Waals surface area contributed by atoms with Crippen molar-refractivity contribution in [2.45, 2.75) is 31.4 Å². The van der Waals surface area contributed by atoms with E-state index in [4.69, 9.17) is 4.84 Å². The number of amides is 1. The summed E-state index contributed by atoms with van der Waals surface area (Å²) in [6.07, 6.45) is 1.89. The van der Waals surface area contributed by atoms with E-state index >= 15 is 0 Å². The number of rotatable bonds is 1. The summed E-state index contributed by atoms with van der Waals surface area (Å²) in [6, 6.07) is -0.0810. The van der Waals surface area contributed by atoms with Crippen LogP contribution in [-0.4, -0.2) is 35.3 Å². The summed E-state index contributed by atoms with van der Waals surface area (Å²) in [4.78, 5) is 16.2. The Morgan fingerprint density at radius 3 is 3.00 bits per heavy atom. The minimum Gasteiger partial charge on any atom is -0.391 e. The van der Waals surface area contributed by atoms with Gasteiger partial charge in [-0.3, -0.25) is 9.63 Å². The zero-order valence-electron chi connectivity index (χ0n) is 7.06. The number of carbonyl (C=O) groups excluding carboxylic acids is 1. The predicted octanol–water partition coefficient (Wildman–Crippen LogP) is -0.0804. The Morgan fingerprint density at radius 1 is 1.58 bits per heavy atom. The van der Waals surface area contributed by atoms with Crippen LogP contribution in [0, 0.1) is 5.92 Å². The van der Waals surface area contributed by atoms with Crippen molar-refractivity contribution in [3.63, 3.8) is 0 Å². The Labute approximate surface area is 71.1 Å². The molecule has 2 fully saturated rings. The highest BCUT2D eigenvalue weighted by Crippen LogP contribution is 2.38. The van der Waals surface area contributed by atoms with Crippen molar-refractivity contribution in [1.82, 2.24) is 5.06 Å². The summed E-state index contributed by atoms with van der Waals surface area (Å²) < 4.78 is 0. The number of hydrogen-bond donors (Lipinski definition) is 1. The molecule has 12 heavy (non-hydrogen) atoms. The SMILES string of the molecule is CON1C(=O)C[C@H]2CC[C@H](O)[C@H]21. The molecular formula is C8H13NO3. The molecule has 1 aliphatic heterocycles. The Kier molecular flexibility index (Phi) is 1.81. The first-order chi connectivity index (χ1) is 5.74. The van der Waals surface area contributed by atoms with Gasteiger partial charge in [-0.1, -0.05) is 0 Å². The summed E-state index contributed by atoms with van der Waals surface area (Å²) in [6.45, 7) is 0. The third kappa shape index (κ3) is 0.949. The van der Waals surface area contributed by atoms with Crippen LogP contribution in [0.3, 0.4) is 0 Å². The zero-order chi connectivity index (χ0) is 8.72. The Hall–Kier alpha value is -0.610. The molecule has 1 amide bonds. The van der Waals surface area contributed by atoms with Gasteiger partial charge in [0, 0.05) is 6.42 Å². The Balaban J connectivity index is 2.18. The topological polar surface area (TPSA) is 49.8 Å². The molecule has 1 heterocycles. The lowest BCUT2D eigenvalue weighted by Crippen LogP contribution is -2.39. The summed E-state index contributed by atoms with van der Waals surface area (Å²) in [5, 5.41) is 10.9. The molecule has 0 unspecified atom stereocenters. The molecule has 1 aliphatic carbocycles. The third-order valence-electron chi connectivity index (χ3n) is 2.86. The first-order valence-electron chi connectivity index (χ1n) is 4.28. The van der Waals surface area contributed by atoms with Gasteiger partial charge in [-0.25, -0.2) is 5.06 Å². The zero-order valence-corrected chi connectivity index (χ0v) is 7.06. The van der Waals surface area contributed by atoms with Crippen molar-refractivity contribution in [3.05, 3.63) is 0 Å². The molecule has 2 rings (SSSR count). The van der Waals surface area contributed by atoms with Gasteiger partial charge in [0.25, 0.3) is 0 Å². The fourth-order valence-electron chi connectivity index (χ4n) is 2.32. The van der Waals surface area contributed by atoms with Gasteiger partial charge in [-0.2, -0.15) is 0 Å². The van der Waals surface area contributed by atoms with Gasteiger partial charge in [-0.15, -0.1) is 0 Å². The minimum atomic E-state index is -0.388. The molecule has 1 saturated heterocycles. The van der Waals surface area contributed by atoms with Crippen LogP contribution >= 0.6 is 0 Å². The van der Waals surface area contributed by atoms with Crippen molar-refractivity contribution in [1.29, 1.82) is 0 Å². The van der Waals surface area contributed by atoms with E-state index in [0.717, 1.165) is 12.8 Å². The van der Waals surface area contributed by atoms with Crippen molar-refractivity contribution < 1.29 is 14.7 Å².